The molecule has 1 aromatic heterocycles. The fourth-order valence-electron chi connectivity index (χ4n) is 5.01. The molecule has 4 aromatic rings. The third-order valence-corrected chi connectivity index (χ3v) is 6.88. The number of aliphatic carboxylic acids is 1. The van der Waals surface area contributed by atoms with Crippen molar-refractivity contribution in [3.05, 3.63) is 71.8 Å². The highest BCUT2D eigenvalue weighted by atomic mass is 19.4. The number of rotatable bonds is 7. The Morgan fingerprint density at radius 1 is 1.11 bits per heavy atom. The largest absolute Gasteiger partial charge is 0.484 e. The molecule has 9 heteroatoms. The van der Waals surface area contributed by atoms with Crippen molar-refractivity contribution in [1.29, 1.82) is 0 Å². The van der Waals surface area contributed by atoms with Crippen molar-refractivity contribution in [2.75, 3.05) is 13.2 Å². The monoisotopic (exact) mass is 524 g/mol. The molecule has 1 N–H and O–H groups in total. The lowest BCUT2D eigenvalue weighted by atomic mass is 9.96. The molecule has 1 aliphatic heterocycles. The molecule has 3 aromatic carbocycles. The molecule has 1 unspecified atom stereocenters. The number of carbonyl (C=O) groups is 1. The zero-order valence-electron chi connectivity index (χ0n) is 20.8. The minimum absolute atomic E-state index is 0.00185. The smallest absolute Gasteiger partial charge is 0.422 e. The van der Waals surface area contributed by atoms with E-state index in [0.29, 0.717) is 35.5 Å². The first-order valence-corrected chi connectivity index (χ1v) is 12.4. The van der Waals surface area contributed by atoms with Crippen LogP contribution in [0.2, 0.25) is 0 Å². The molecule has 6 nitrogen and oxygen atoms in total. The molecule has 2 heterocycles. The normalized spacial score (nSPS) is 16.6. The lowest BCUT2D eigenvalue weighted by Gasteiger charge is -2.33. The molecular weight excluding hydrogens is 497 g/mol. The summed E-state index contributed by atoms with van der Waals surface area (Å²) in [6.45, 7) is 1.17. The summed E-state index contributed by atoms with van der Waals surface area (Å²) in [6.07, 6.45) is -2.43. The first-order chi connectivity index (χ1) is 18.2. The molecule has 1 saturated heterocycles. The van der Waals surface area contributed by atoms with Crippen molar-refractivity contribution in [2.45, 2.75) is 44.9 Å². The van der Waals surface area contributed by atoms with Crippen molar-refractivity contribution < 1.29 is 32.2 Å². The number of aromatic nitrogens is 1. The van der Waals surface area contributed by atoms with E-state index in [9.17, 15) is 23.1 Å². The standard InChI is InChI=1S/C29H27F3N2O4/c1-18-21(19-8-3-2-4-9-19)10-7-11-22(18)27-33-23-14-20(16-34-13-6-5-12-24(34)28(35)36)25(15-26(23)38-27)37-17-29(30,31)32/h2-4,7-11,14-15,24H,5-6,12-13,16-17H2,1H3,(H,35,36). The second-order valence-electron chi connectivity index (χ2n) is 9.51. The fraction of sp³-hybridized carbons (Fsp3) is 0.310. The van der Waals surface area contributed by atoms with E-state index >= 15 is 0 Å². The summed E-state index contributed by atoms with van der Waals surface area (Å²) in [7, 11) is 0. The van der Waals surface area contributed by atoms with E-state index in [2.05, 4.69) is 4.98 Å². The van der Waals surface area contributed by atoms with Gasteiger partial charge in [0, 0.05) is 23.7 Å². The van der Waals surface area contributed by atoms with Crippen LogP contribution in [0.1, 0.15) is 30.4 Å². The number of benzene rings is 3. The van der Waals surface area contributed by atoms with Gasteiger partial charge in [-0.25, -0.2) is 4.98 Å². The van der Waals surface area contributed by atoms with Gasteiger partial charge in [0.1, 0.15) is 17.3 Å². The maximum absolute atomic E-state index is 13.0. The van der Waals surface area contributed by atoms with Crippen molar-refractivity contribution in [3.63, 3.8) is 0 Å². The number of ether oxygens (including phenoxy) is 1. The number of alkyl halides is 3. The van der Waals surface area contributed by atoms with E-state index < -0.39 is 24.8 Å². The molecule has 198 valence electrons. The number of oxazole rings is 1. The summed E-state index contributed by atoms with van der Waals surface area (Å²) in [5, 5.41) is 9.65. The van der Waals surface area contributed by atoms with Crippen molar-refractivity contribution in [1.82, 2.24) is 9.88 Å². The maximum atomic E-state index is 13.0. The number of carboxylic acids is 1. The minimum atomic E-state index is -4.53. The fourth-order valence-corrected chi connectivity index (χ4v) is 5.01. The van der Waals surface area contributed by atoms with Crippen LogP contribution >= 0.6 is 0 Å². The number of likely N-dealkylation sites (tertiary alicyclic amines) is 1. The quantitative estimate of drug-likeness (QED) is 0.285. The average Bonchev–Trinajstić information content (AvgIpc) is 3.30. The summed E-state index contributed by atoms with van der Waals surface area (Å²) in [5.41, 5.74) is 4.97. The van der Waals surface area contributed by atoms with Crippen LogP contribution in [0, 0.1) is 6.92 Å². The molecule has 5 rings (SSSR count). The van der Waals surface area contributed by atoms with Gasteiger partial charge in [-0.05, 0) is 55.1 Å². The lowest BCUT2D eigenvalue weighted by Crippen LogP contribution is -2.44. The molecule has 1 aliphatic rings. The Balaban J connectivity index is 1.54. The van der Waals surface area contributed by atoms with E-state index in [1.54, 1.807) is 11.0 Å². The molecule has 1 fully saturated rings. The molecule has 0 saturated carbocycles. The van der Waals surface area contributed by atoms with Gasteiger partial charge in [-0.2, -0.15) is 13.2 Å². The number of nitrogens with zero attached hydrogens (tertiary/aromatic N) is 2. The van der Waals surface area contributed by atoms with E-state index in [1.165, 1.54) is 6.07 Å². The summed E-state index contributed by atoms with van der Waals surface area (Å²) in [4.78, 5) is 18.2. The Hall–Kier alpha value is -3.85. The van der Waals surface area contributed by atoms with Crippen molar-refractivity contribution >= 4 is 17.1 Å². The van der Waals surface area contributed by atoms with E-state index in [4.69, 9.17) is 9.15 Å². The van der Waals surface area contributed by atoms with Gasteiger partial charge in [0.25, 0.3) is 0 Å². The van der Waals surface area contributed by atoms with E-state index in [1.807, 2.05) is 55.5 Å². The highest BCUT2D eigenvalue weighted by Gasteiger charge is 2.31. The number of fused-ring (bicyclic) bond motifs is 1. The van der Waals surface area contributed by atoms with Crippen LogP contribution in [0.5, 0.6) is 5.75 Å². The van der Waals surface area contributed by atoms with Gasteiger partial charge in [-0.15, -0.1) is 0 Å². The second-order valence-corrected chi connectivity index (χ2v) is 9.51. The predicted octanol–water partition coefficient (Wildman–Crippen LogP) is 6.85. The van der Waals surface area contributed by atoms with Gasteiger partial charge in [0.2, 0.25) is 5.89 Å². The summed E-state index contributed by atoms with van der Waals surface area (Å²) >= 11 is 0. The molecule has 0 spiro atoms. The number of hydrogen-bond acceptors (Lipinski definition) is 5. The van der Waals surface area contributed by atoms with Gasteiger partial charge >= 0.3 is 12.1 Å². The first-order valence-electron chi connectivity index (χ1n) is 12.4. The minimum Gasteiger partial charge on any atom is -0.484 e. The number of carboxylic acid groups (broad SMARTS) is 1. The topological polar surface area (TPSA) is 75.8 Å². The van der Waals surface area contributed by atoms with Gasteiger partial charge < -0.3 is 14.3 Å². The van der Waals surface area contributed by atoms with Crippen LogP contribution in [0.4, 0.5) is 13.2 Å². The first kappa shape index (κ1) is 25.8. The third kappa shape index (κ3) is 5.52. The van der Waals surface area contributed by atoms with Crippen LogP contribution in [-0.4, -0.2) is 46.3 Å². The SMILES string of the molecule is Cc1c(-c2ccccc2)cccc1-c1nc2cc(CN3CCCCC3C(=O)O)c(OCC(F)(F)F)cc2o1. The van der Waals surface area contributed by atoms with Crippen molar-refractivity contribution in [2.24, 2.45) is 0 Å². The average molecular weight is 525 g/mol. The molecule has 0 bridgehead atoms. The molecule has 0 amide bonds. The number of piperidine rings is 1. The Labute approximate surface area is 217 Å². The van der Waals surface area contributed by atoms with E-state index in [-0.39, 0.29) is 12.3 Å². The molecule has 38 heavy (non-hydrogen) atoms. The Kier molecular flexibility index (Phi) is 7.12. The second kappa shape index (κ2) is 10.5. The Morgan fingerprint density at radius 2 is 1.87 bits per heavy atom. The highest BCUT2D eigenvalue weighted by molar-refractivity contribution is 5.82. The molecule has 0 radical (unpaired) electrons. The molecule has 1 atom stereocenters. The Bertz CT molecular complexity index is 1450. The summed E-state index contributed by atoms with van der Waals surface area (Å²) in [6, 6.07) is 18.1. The third-order valence-electron chi connectivity index (χ3n) is 6.88. The van der Waals surface area contributed by atoms with Gasteiger partial charge in [-0.3, -0.25) is 9.69 Å². The number of halogens is 3. The van der Waals surface area contributed by atoms with Crippen LogP contribution in [-0.2, 0) is 11.3 Å². The van der Waals surface area contributed by atoms with Crippen LogP contribution in [0.25, 0.3) is 33.7 Å². The van der Waals surface area contributed by atoms with Gasteiger partial charge in [0.05, 0.1) is 0 Å². The Morgan fingerprint density at radius 3 is 2.61 bits per heavy atom. The molecule has 0 aliphatic carbocycles. The number of hydrogen-bond donors (Lipinski definition) is 1. The predicted molar refractivity (Wildman–Crippen MR) is 137 cm³/mol. The maximum Gasteiger partial charge on any atom is 0.422 e. The zero-order valence-corrected chi connectivity index (χ0v) is 20.8. The van der Waals surface area contributed by atoms with E-state index in [0.717, 1.165) is 35.1 Å². The van der Waals surface area contributed by atoms with Gasteiger partial charge in [-0.1, -0.05) is 48.9 Å². The highest BCUT2D eigenvalue weighted by Crippen LogP contribution is 2.36. The van der Waals surface area contributed by atoms with Crippen LogP contribution in [0.3, 0.4) is 0 Å². The summed E-state index contributed by atoms with van der Waals surface area (Å²) in [5.74, 6) is -0.599. The lowest BCUT2D eigenvalue weighted by molar-refractivity contribution is -0.153. The van der Waals surface area contributed by atoms with Crippen LogP contribution < -0.4 is 4.74 Å². The zero-order chi connectivity index (χ0) is 26.9. The van der Waals surface area contributed by atoms with Gasteiger partial charge in [0.15, 0.2) is 12.2 Å². The van der Waals surface area contributed by atoms with Crippen LogP contribution in [0.15, 0.2) is 65.1 Å². The molecular formula is C29H27F3N2O4. The van der Waals surface area contributed by atoms with Crippen molar-refractivity contribution in [3.8, 4) is 28.3 Å². The summed E-state index contributed by atoms with van der Waals surface area (Å²) < 4.78 is 50.2.